The number of likely N-dealkylation sites (tertiary alicyclic amines) is 1. The predicted octanol–water partition coefficient (Wildman–Crippen LogP) is 0.745. The Morgan fingerprint density at radius 2 is 1.96 bits per heavy atom. The second-order valence-electron chi connectivity index (χ2n) is 6.08. The normalized spacial score (nSPS) is 20.1. The highest BCUT2D eigenvalue weighted by molar-refractivity contribution is 7.89. The number of piperidine rings is 1. The topological polar surface area (TPSA) is 85.8 Å². The first-order valence-corrected chi connectivity index (χ1v) is 10.9. The SMILES string of the molecule is CCNC(=NCCNS(=O)(=O)CC)NCCN1CCCCC1CC. The van der Waals surface area contributed by atoms with Gasteiger partial charge in [0.2, 0.25) is 10.0 Å². The molecule has 0 aromatic rings. The third-order valence-electron chi connectivity index (χ3n) is 4.34. The van der Waals surface area contributed by atoms with Crippen molar-refractivity contribution in [2.24, 2.45) is 4.99 Å². The van der Waals surface area contributed by atoms with Gasteiger partial charge in [0, 0.05) is 32.2 Å². The van der Waals surface area contributed by atoms with E-state index in [2.05, 4.69) is 32.2 Å². The van der Waals surface area contributed by atoms with Crippen LogP contribution in [-0.2, 0) is 10.0 Å². The number of hydrogen-bond donors (Lipinski definition) is 3. The zero-order chi connectivity index (χ0) is 17.8. The van der Waals surface area contributed by atoms with Crippen molar-refractivity contribution in [2.75, 3.05) is 45.0 Å². The van der Waals surface area contributed by atoms with Crippen LogP contribution in [0.15, 0.2) is 4.99 Å². The van der Waals surface area contributed by atoms with Gasteiger partial charge in [-0.2, -0.15) is 0 Å². The Bertz CT molecular complexity index is 467. The highest BCUT2D eigenvalue weighted by atomic mass is 32.2. The van der Waals surface area contributed by atoms with E-state index in [1.165, 1.54) is 32.2 Å². The summed E-state index contributed by atoms with van der Waals surface area (Å²) in [5.74, 6) is 0.849. The molecule has 8 heteroatoms. The number of nitrogens with zero attached hydrogens (tertiary/aromatic N) is 2. The van der Waals surface area contributed by atoms with Crippen LogP contribution in [0.4, 0.5) is 0 Å². The Hall–Kier alpha value is -0.860. The van der Waals surface area contributed by atoms with Gasteiger partial charge in [0.05, 0.1) is 12.3 Å². The Labute approximate surface area is 147 Å². The van der Waals surface area contributed by atoms with Crippen molar-refractivity contribution >= 4 is 16.0 Å². The van der Waals surface area contributed by atoms with Crippen LogP contribution in [0.25, 0.3) is 0 Å². The fourth-order valence-corrected chi connectivity index (χ4v) is 3.55. The first-order valence-electron chi connectivity index (χ1n) is 9.26. The highest BCUT2D eigenvalue weighted by Gasteiger charge is 2.19. The van der Waals surface area contributed by atoms with E-state index < -0.39 is 10.0 Å². The molecular weight excluding hydrogens is 326 g/mol. The van der Waals surface area contributed by atoms with Crippen molar-refractivity contribution in [1.82, 2.24) is 20.3 Å². The van der Waals surface area contributed by atoms with Crippen molar-refractivity contribution in [2.45, 2.75) is 52.5 Å². The van der Waals surface area contributed by atoms with Crippen LogP contribution in [0.1, 0.15) is 46.5 Å². The molecule has 1 fully saturated rings. The molecule has 3 N–H and O–H groups in total. The van der Waals surface area contributed by atoms with Crippen LogP contribution in [0.2, 0.25) is 0 Å². The molecule has 1 atom stereocenters. The molecule has 0 aromatic carbocycles. The molecule has 0 radical (unpaired) electrons. The van der Waals surface area contributed by atoms with E-state index in [4.69, 9.17) is 0 Å². The van der Waals surface area contributed by atoms with Gasteiger partial charge >= 0.3 is 0 Å². The molecule has 0 aliphatic carbocycles. The maximum absolute atomic E-state index is 11.4. The summed E-state index contributed by atoms with van der Waals surface area (Å²) in [5, 5.41) is 6.54. The fraction of sp³-hybridized carbons (Fsp3) is 0.938. The molecule has 0 saturated carbocycles. The Morgan fingerprint density at radius 1 is 1.17 bits per heavy atom. The summed E-state index contributed by atoms with van der Waals surface area (Å²) in [5.41, 5.74) is 0. The smallest absolute Gasteiger partial charge is 0.211 e. The Balaban J connectivity index is 2.35. The van der Waals surface area contributed by atoms with E-state index in [-0.39, 0.29) is 5.75 Å². The van der Waals surface area contributed by atoms with E-state index in [1.807, 2.05) is 6.92 Å². The van der Waals surface area contributed by atoms with Gasteiger partial charge in [0.25, 0.3) is 0 Å². The molecule has 24 heavy (non-hydrogen) atoms. The number of guanidine groups is 1. The molecule has 0 aromatic heterocycles. The minimum Gasteiger partial charge on any atom is -0.357 e. The molecule has 0 bridgehead atoms. The summed E-state index contributed by atoms with van der Waals surface area (Å²) in [4.78, 5) is 6.99. The molecule has 7 nitrogen and oxygen atoms in total. The summed E-state index contributed by atoms with van der Waals surface area (Å²) in [7, 11) is -3.14. The van der Waals surface area contributed by atoms with Gasteiger partial charge in [-0.15, -0.1) is 0 Å². The maximum atomic E-state index is 11.4. The van der Waals surface area contributed by atoms with Gasteiger partial charge in [0.15, 0.2) is 5.96 Å². The largest absolute Gasteiger partial charge is 0.357 e. The van der Waals surface area contributed by atoms with Gasteiger partial charge < -0.3 is 10.6 Å². The summed E-state index contributed by atoms with van der Waals surface area (Å²) < 4.78 is 25.3. The quantitative estimate of drug-likeness (QED) is 0.304. The minimum atomic E-state index is -3.14. The Morgan fingerprint density at radius 3 is 2.62 bits per heavy atom. The molecule has 1 saturated heterocycles. The summed E-state index contributed by atoms with van der Waals surface area (Å²) in [6, 6.07) is 0.712. The lowest BCUT2D eigenvalue weighted by atomic mass is 10.0. The van der Waals surface area contributed by atoms with E-state index in [1.54, 1.807) is 6.92 Å². The first-order chi connectivity index (χ1) is 11.5. The second-order valence-corrected chi connectivity index (χ2v) is 8.17. The van der Waals surface area contributed by atoms with Crippen LogP contribution in [0.5, 0.6) is 0 Å². The number of hydrogen-bond acceptors (Lipinski definition) is 4. The first kappa shape index (κ1) is 21.2. The third kappa shape index (κ3) is 8.30. The molecule has 1 rings (SSSR count). The predicted molar refractivity (Wildman–Crippen MR) is 101 cm³/mol. The summed E-state index contributed by atoms with van der Waals surface area (Å²) in [6.45, 7) is 10.5. The van der Waals surface area contributed by atoms with Crippen molar-refractivity contribution < 1.29 is 8.42 Å². The number of nitrogens with one attached hydrogen (secondary N) is 3. The minimum absolute atomic E-state index is 0.101. The van der Waals surface area contributed by atoms with Crippen LogP contribution >= 0.6 is 0 Å². The second kappa shape index (κ2) is 11.7. The zero-order valence-corrected chi connectivity index (χ0v) is 16.3. The molecule has 1 heterocycles. The zero-order valence-electron chi connectivity index (χ0n) is 15.5. The van der Waals surface area contributed by atoms with E-state index >= 15 is 0 Å². The van der Waals surface area contributed by atoms with E-state index in [0.29, 0.717) is 19.1 Å². The molecule has 0 spiro atoms. The van der Waals surface area contributed by atoms with Gasteiger partial charge in [-0.25, -0.2) is 13.1 Å². The van der Waals surface area contributed by atoms with Gasteiger partial charge in [0.1, 0.15) is 0 Å². The maximum Gasteiger partial charge on any atom is 0.211 e. The van der Waals surface area contributed by atoms with Crippen LogP contribution in [0.3, 0.4) is 0 Å². The third-order valence-corrected chi connectivity index (χ3v) is 5.74. The molecule has 142 valence electrons. The number of aliphatic imine (C=N–C) groups is 1. The van der Waals surface area contributed by atoms with Crippen molar-refractivity contribution in [3.63, 3.8) is 0 Å². The molecule has 1 aliphatic rings. The van der Waals surface area contributed by atoms with Gasteiger partial charge in [-0.1, -0.05) is 13.3 Å². The van der Waals surface area contributed by atoms with Crippen molar-refractivity contribution in [1.29, 1.82) is 0 Å². The molecule has 1 unspecified atom stereocenters. The Kier molecular flexibility index (Phi) is 10.3. The molecule has 0 amide bonds. The lowest BCUT2D eigenvalue weighted by molar-refractivity contribution is 0.147. The van der Waals surface area contributed by atoms with Crippen LogP contribution in [0, 0.1) is 0 Å². The number of sulfonamides is 1. The van der Waals surface area contributed by atoms with Gasteiger partial charge in [-0.05, 0) is 39.7 Å². The molecule has 1 aliphatic heterocycles. The van der Waals surface area contributed by atoms with E-state index in [9.17, 15) is 8.42 Å². The summed E-state index contributed by atoms with van der Waals surface area (Å²) in [6.07, 6.45) is 5.16. The molecular formula is C16H35N5O2S. The summed E-state index contributed by atoms with van der Waals surface area (Å²) >= 11 is 0. The van der Waals surface area contributed by atoms with Crippen LogP contribution < -0.4 is 15.4 Å². The average molecular weight is 362 g/mol. The lowest BCUT2D eigenvalue weighted by Gasteiger charge is -2.35. The highest BCUT2D eigenvalue weighted by Crippen LogP contribution is 2.18. The van der Waals surface area contributed by atoms with E-state index in [0.717, 1.165) is 25.6 Å². The van der Waals surface area contributed by atoms with Crippen molar-refractivity contribution in [3.8, 4) is 0 Å². The number of rotatable bonds is 10. The monoisotopic (exact) mass is 361 g/mol. The average Bonchev–Trinajstić information content (AvgIpc) is 2.59. The van der Waals surface area contributed by atoms with Crippen molar-refractivity contribution in [3.05, 3.63) is 0 Å². The standard InChI is InChI=1S/C16H35N5O2S/c1-4-15-9-7-8-13-21(15)14-12-19-16(17-5-2)18-10-11-20-24(22,23)6-3/h15,20H,4-14H2,1-3H3,(H2,17,18,19). The van der Waals surface area contributed by atoms with Gasteiger partial charge in [-0.3, -0.25) is 9.89 Å². The van der Waals surface area contributed by atoms with Crippen LogP contribution in [-0.4, -0.2) is 70.3 Å². The fourth-order valence-electron chi connectivity index (χ4n) is 2.95. The lowest BCUT2D eigenvalue weighted by Crippen LogP contribution is -2.46.